The smallest absolute Gasteiger partial charge is 0.230 e. The van der Waals surface area contributed by atoms with E-state index in [4.69, 9.17) is 0 Å². The van der Waals surface area contributed by atoms with Gasteiger partial charge in [0.05, 0.1) is 11.4 Å². The molecular formula is C18H21N5OS. The van der Waals surface area contributed by atoms with Gasteiger partial charge in [-0.15, -0.1) is 0 Å². The molecule has 2 rings (SSSR count). The molecule has 1 N–H and O–H groups in total. The molecule has 0 aliphatic carbocycles. The van der Waals surface area contributed by atoms with Crippen molar-refractivity contribution in [3.8, 4) is 6.07 Å². The van der Waals surface area contributed by atoms with Crippen LogP contribution in [0.1, 0.15) is 22.6 Å². The van der Waals surface area contributed by atoms with Crippen LogP contribution >= 0.6 is 11.8 Å². The third kappa shape index (κ3) is 5.19. The molecule has 1 amide bonds. The Morgan fingerprint density at radius 2 is 1.92 bits per heavy atom. The summed E-state index contributed by atoms with van der Waals surface area (Å²) in [5.41, 5.74) is 3.22. The number of aryl methyl sites for hydroxylation is 2. The number of thioether (sulfide) groups is 1. The molecule has 1 aromatic carbocycles. The van der Waals surface area contributed by atoms with Crippen molar-refractivity contribution in [3.05, 3.63) is 46.9 Å². The van der Waals surface area contributed by atoms with Gasteiger partial charge in [-0.05, 0) is 31.5 Å². The highest BCUT2D eigenvalue weighted by atomic mass is 32.2. The van der Waals surface area contributed by atoms with E-state index in [1.807, 2.05) is 43.3 Å². The number of hydrogen-bond acceptors (Lipinski definition) is 6. The second kappa shape index (κ2) is 8.49. The molecule has 0 spiro atoms. The number of nitriles is 1. The van der Waals surface area contributed by atoms with Crippen LogP contribution in [0, 0.1) is 25.2 Å². The number of rotatable bonds is 6. The number of amides is 1. The number of nitrogens with one attached hydrogen (secondary N) is 1. The van der Waals surface area contributed by atoms with E-state index in [2.05, 4.69) is 21.4 Å². The van der Waals surface area contributed by atoms with Crippen molar-refractivity contribution in [1.29, 1.82) is 5.26 Å². The molecule has 0 atom stereocenters. The average Bonchev–Trinajstić information content (AvgIpc) is 2.58. The Labute approximate surface area is 152 Å². The van der Waals surface area contributed by atoms with Gasteiger partial charge in [-0.1, -0.05) is 23.9 Å². The van der Waals surface area contributed by atoms with Gasteiger partial charge < -0.3 is 10.2 Å². The fourth-order valence-corrected chi connectivity index (χ4v) is 3.12. The van der Waals surface area contributed by atoms with E-state index in [-0.39, 0.29) is 11.7 Å². The van der Waals surface area contributed by atoms with Crippen molar-refractivity contribution in [2.24, 2.45) is 0 Å². The van der Waals surface area contributed by atoms with Crippen LogP contribution in [0.3, 0.4) is 0 Å². The quantitative estimate of drug-likeness (QED) is 0.633. The second-order valence-electron chi connectivity index (χ2n) is 5.77. The zero-order valence-corrected chi connectivity index (χ0v) is 15.6. The first-order valence-corrected chi connectivity index (χ1v) is 8.80. The molecular weight excluding hydrogens is 334 g/mol. The average molecular weight is 355 g/mol. The highest BCUT2D eigenvalue weighted by Crippen LogP contribution is 2.21. The molecule has 7 heteroatoms. The largest absolute Gasteiger partial charge is 0.378 e. The Balaban J connectivity index is 1.90. The molecule has 0 aliphatic rings. The van der Waals surface area contributed by atoms with E-state index >= 15 is 0 Å². The van der Waals surface area contributed by atoms with E-state index in [9.17, 15) is 10.1 Å². The Morgan fingerprint density at radius 3 is 2.52 bits per heavy atom. The third-order valence-electron chi connectivity index (χ3n) is 3.56. The molecule has 0 saturated heterocycles. The predicted octanol–water partition coefficient (Wildman–Crippen LogP) is 2.44. The zero-order valence-electron chi connectivity index (χ0n) is 14.8. The van der Waals surface area contributed by atoms with E-state index in [1.54, 1.807) is 13.8 Å². The molecule has 0 unspecified atom stereocenters. The number of anilines is 1. The van der Waals surface area contributed by atoms with Crippen LogP contribution in [0.15, 0.2) is 29.3 Å². The first-order valence-electron chi connectivity index (χ1n) is 7.82. The first-order chi connectivity index (χ1) is 11.9. The summed E-state index contributed by atoms with van der Waals surface area (Å²) in [5, 5.41) is 12.7. The van der Waals surface area contributed by atoms with Crippen LogP contribution in [0.25, 0.3) is 0 Å². The number of carbonyl (C=O) groups is 1. The minimum absolute atomic E-state index is 0.0977. The summed E-state index contributed by atoms with van der Waals surface area (Å²) in [6, 6.07) is 10.1. The van der Waals surface area contributed by atoms with Gasteiger partial charge in [0.2, 0.25) is 5.91 Å². The van der Waals surface area contributed by atoms with E-state index < -0.39 is 0 Å². The second-order valence-corrected chi connectivity index (χ2v) is 6.74. The molecule has 1 heterocycles. The first kappa shape index (κ1) is 18.7. The Kier molecular flexibility index (Phi) is 6.37. The van der Waals surface area contributed by atoms with E-state index in [0.29, 0.717) is 28.7 Å². The summed E-state index contributed by atoms with van der Waals surface area (Å²) < 4.78 is 0. The summed E-state index contributed by atoms with van der Waals surface area (Å²) >= 11 is 1.26. The zero-order chi connectivity index (χ0) is 18.4. The van der Waals surface area contributed by atoms with Gasteiger partial charge in [0.15, 0.2) is 0 Å². The lowest BCUT2D eigenvalue weighted by atomic mass is 10.2. The highest BCUT2D eigenvalue weighted by molar-refractivity contribution is 8.00. The Bertz CT molecular complexity index is 796. The van der Waals surface area contributed by atoms with Gasteiger partial charge in [-0.25, -0.2) is 9.97 Å². The van der Waals surface area contributed by atoms with Crippen molar-refractivity contribution < 1.29 is 4.79 Å². The minimum Gasteiger partial charge on any atom is -0.378 e. The lowest BCUT2D eigenvalue weighted by Crippen LogP contribution is -2.24. The number of benzene rings is 1. The van der Waals surface area contributed by atoms with Crippen LogP contribution in [0.5, 0.6) is 0 Å². The van der Waals surface area contributed by atoms with Crippen LogP contribution in [-0.4, -0.2) is 35.7 Å². The van der Waals surface area contributed by atoms with Crippen molar-refractivity contribution in [3.63, 3.8) is 0 Å². The summed E-state index contributed by atoms with van der Waals surface area (Å²) in [5.74, 6) is 0.709. The van der Waals surface area contributed by atoms with Crippen LogP contribution < -0.4 is 10.2 Å². The van der Waals surface area contributed by atoms with Crippen molar-refractivity contribution in [1.82, 2.24) is 15.3 Å². The molecule has 6 nitrogen and oxygen atoms in total. The summed E-state index contributed by atoms with van der Waals surface area (Å²) in [7, 11) is 3.97. The minimum atomic E-state index is -0.0977. The van der Waals surface area contributed by atoms with E-state index in [0.717, 1.165) is 11.3 Å². The van der Waals surface area contributed by atoms with Gasteiger partial charge in [-0.2, -0.15) is 5.26 Å². The molecule has 1 aromatic heterocycles. The van der Waals surface area contributed by atoms with Crippen molar-refractivity contribution >= 4 is 23.4 Å². The van der Waals surface area contributed by atoms with Crippen molar-refractivity contribution in [2.45, 2.75) is 25.4 Å². The molecule has 0 saturated carbocycles. The molecule has 130 valence electrons. The van der Waals surface area contributed by atoms with Crippen LogP contribution in [-0.2, 0) is 11.3 Å². The standard InChI is InChI=1S/C18H21N5OS/c1-12-16(9-19)18(22-13(2)21-12)25-11-17(24)20-10-14-5-7-15(8-6-14)23(3)4/h5-8H,10-11H2,1-4H3,(H,20,24). The highest BCUT2D eigenvalue weighted by Gasteiger charge is 2.12. The maximum absolute atomic E-state index is 12.1. The van der Waals surface area contributed by atoms with Gasteiger partial charge >= 0.3 is 0 Å². The molecule has 25 heavy (non-hydrogen) atoms. The van der Waals surface area contributed by atoms with Crippen LogP contribution in [0.2, 0.25) is 0 Å². The lowest BCUT2D eigenvalue weighted by Gasteiger charge is -2.13. The summed E-state index contributed by atoms with van der Waals surface area (Å²) in [6.07, 6.45) is 0. The normalized spacial score (nSPS) is 10.2. The third-order valence-corrected chi connectivity index (χ3v) is 4.54. The molecule has 0 radical (unpaired) electrons. The lowest BCUT2D eigenvalue weighted by molar-refractivity contribution is -0.118. The predicted molar refractivity (Wildman–Crippen MR) is 99.6 cm³/mol. The Hall–Kier alpha value is -2.59. The molecule has 0 fully saturated rings. The van der Waals surface area contributed by atoms with Gasteiger partial charge in [0, 0.05) is 26.3 Å². The van der Waals surface area contributed by atoms with Gasteiger partial charge in [0.1, 0.15) is 22.5 Å². The van der Waals surface area contributed by atoms with Crippen molar-refractivity contribution in [2.75, 3.05) is 24.7 Å². The van der Waals surface area contributed by atoms with Gasteiger partial charge in [-0.3, -0.25) is 4.79 Å². The van der Waals surface area contributed by atoms with E-state index in [1.165, 1.54) is 11.8 Å². The molecule has 2 aromatic rings. The van der Waals surface area contributed by atoms with Gasteiger partial charge in [0.25, 0.3) is 0 Å². The van der Waals surface area contributed by atoms with Crippen LogP contribution in [0.4, 0.5) is 5.69 Å². The fourth-order valence-electron chi connectivity index (χ4n) is 2.21. The maximum atomic E-state index is 12.1. The monoisotopic (exact) mass is 355 g/mol. The summed E-state index contributed by atoms with van der Waals surface area (Å²) in [4.78, 5) is 22.5. The topological polar surface area (TPSA) is 81.9 Å². The summed E-state index contributed by atoms with van der Waals surface area (Å²) in [6.45, 7) is 4.02. The number of nitrogens with zero attached hydrogens (tertiary/aromatic N) is 4. The molecule has 0 bridgehead atoms. The fraction of sp³-hybridized carbons (Fsp3) is 0.333. The molecule has 0 aliphatic heterocycles. The number of aromatic nitrogens is 2. The number of hydrogen-bond donors (Lipinski definition) is 1. The maximum Gasteiger partial charge on any atom is 0.230 e. The number of carbonyl (C=O) groups excluding carboxylic acids is 1. The Morgan fingerprint density at radius 1 is 1.24 bits per heavy atom. The SMILES string of the molecule is Cc1nc(C)c(C#N)c(SCC(=O)NCc2ccc(N(C)C)cc2)n1.